The molecule has 0 aliphatic carbocycles. The topological polar surface area (TPSA) is 58.2 Å². The molecule has 0 spiro atoms. The summed E-state index contributed by atoms with van der Waals surface area (Å²) in [7, 11) is 0. The highest BCUT2D eigenvalue weighted by atomic mass is 32.2. The van der Waals surface area contributed by atoms with Gasteiger partial charge in [0.25, 0.3) is 0 Å². The largest absolute Gasteiger partial charge is 0.298 e. The highest BCUT2D eigenvalue weighted by Crippen LogP contribution is 2.38. The average Bonchev–Trinajstić information content (AvgIpc) is 2.76. The minimum absolute atomic E-state index is 0.167. The number of nitrogens with one attached hydrogen (secondary N) is 2. The van der Waals surface area contributed by atoms with Gasteiger partial charge in [0.15, 0.2) is 0 Å². The SMILES string of the molecule is O=C1CCC(NC2CSc3ccccc32)C(=O)N1. The third kappa shape index (κ3) is 2.15. The molecule has 2 aliphatic rings. The molecule has 5 heteroatoms. The van der Waals surface area contributed by atoms with Gasteiger partial charge in [0.1, 0.15) is 0 Å². The maximum absolute atomic E-state index is 11.7. The van der Waals surface area contributed by atoms with E-state index >= 15 is 0 Å². The molecular formula is C13H14N2O2S. The first-order valence-electron chi connectivity index (χ1n) is 6.05. The van der Waals surface area contributed by atoms with E-state index in [-0.39, 0.29) is 23.9 Å². The van der Waals surface area contributed by atoms with Gasteiger partial charge in [0.2, 0.25) is 11.8 Å². The fraction of sp³-hybridized carbons (Fsp3) is 0.385. The Balaban J connectivity index is 1.71. The minimum atomic E-state index is -0.251. The Labute approximate surface area is 110 Å². The number of rotatable bonds is 2. The molecule has 2 atom stereocenters. The molecule has 2 N–H and O–H groups in total. The second-order valence-corrected chi connectivity index (χ2v) is 5.63. The van der Waals surface area contributed by atoms with Crippen molar-refractivity contribution in [2.24, 2.45) is 0 Å². The number of imide groups is 1. The van der Waals surface area contributed by atoms with Crippen LogP contribution in [0.3, 0.4) is 0 Å². The van der Waals surface area contributed by atoms with Gasteiger partial charge in [-0.2, -0.15) is 0 Å². The van der Waals surface area contributed by atoms with Gasteiger partial charge in [0, 0.05) is 23.1 Å². The van der Waals surface area contributed by atoms with Crippen molar-refractivity contribution in [1.29, 1.82) is 0 Å². The highest BCUT2D eigenvalue weighted by molar-refractivity contribution is 7.99. The summed E-state index contributed by atoms with van der Waals surface area (Å²) in [4.78, 5) is 24.1. The molecule has 1 saturated heterocycles. The third-order valence-electron chi connectivity index (χ3n) is 3.34. The molecule has 0 radical (unpaired) electrons. The molecule has 2 heterocycles. The van der Waals surface area contributed by atoms with E-state index in [1.165, 1.54) is 10.5 Å². The molecule has 0 saturated carbocycles. The summed E-state index contributed by atoms with van der Waals surface area (Å²) in [6.45, 7) is 0. The first kappa shape index (κ1) is 11.7. The number of thioether (sulfide) groups is 1. The number of carbonyl (C=O) groups is 2. The van der Waals surface area contributed by atoms with E-state index < -0.39 is 0 Å². The molecule has 94 valence electrons. The van der Waals surface area contributed by atoms with Crippen LogP contribution in [0.1, 0.15) is 24.4 Å². The zero-order valence-corrected chi connectivity index (χ0v) is 10.6. The lowest BCUT2D eigenvalue weighted by Gasteiger charge is -2.25. The summed E-state index contributed by atoms with van der Waals surface area (Å²) >= 11 is 1.81. The monoisotopic (exact) mass is 262 g/mol. The number of hydrogen-bond acceptors (Lipinski definition) is 4. The molecule has 2 aliphatic heterocycles. The van der Waals surface area contributed by atoms with Crippen LogP contribution >= 0.6 is 11.8 Å². The number of amides is 2. The molecular weight excluding hydrogens is 248 g/mol. The zero-order chi connectivity index (χ0) is 12.5. The molecule has 3 rings (SSSR count). The Morgan fingerprint density at radius 1 is 1.22 bits per heavy atom. The number of fused-ring (bicyclic) bond motifs is 1. The first-order chi connectivity index (χ1) is 8.74. The van der Waals surface area contributed by atoms with Crippen LogP contribution < -0.4 is 10.6 Å². The Bertz CT molecular complexity index is 504. The van der Waals surface area contributed by atoms with E-state index in [2.05, 4.69) is 22.8 Å². The molecule has 2 amide bonds. The van der Waals surface area contributed by atoms with Gasteiger partial charge in [-0.05, 0) is 18.1 Å². The summed E-state index contributed by atoms with van der Waals surface area (Å²) in [5.74, 6) is 0.580. The van der Waals surface area contributed by atoms with Crippen LogP contribution in [0.15, 0.2) is 29.2 Å². The average molecular weight is 262 g/mol. The smallest absolute Gasteiger partial charge is 0.243 e. The number of carbonyl (C=O) groups excluding carboxylic acids is 2. The third-order valence-corrected chi connectivity index (χ3v) is 4.52. The van der Waals surface area contributed by atoms with Crippen molar-refractivity contribution in [3.8, 4) is 0 Å². The number of piperidine rings is 1. The molecule has 0 aromatic heterocycles. The van der Waals surface area contributed by atoms with Crippen molar-refractivity contribution in [3.63, 3.8) is 0 Å². The second kappa shape index (κ2) is 4.74. The first-order valence-corrected chi connectivity index (χ1v) is 7.04. The van der Waals surface area contributed by atoms with E-state index in [0.717, 1.165) is 5.75 Å². The van der Waals surface area contributed by atoms with Crippen molar-refractivity contribution in [1.82, 2.24) is 10.6 Å². The van der Waals surface area contributed by atoms with Gasteiger partial charge in [-0.15, -0.1) is 11.8 Å². The Hall–Kier alpha value is -1.33. The lowest BCUT2D eigenvalue weighted by atomic mass is 10.0. The quantitative estimate of drug-likeness (QED) is 0.787. The summed E-state index contributed by atoms with van der Waals surface area (Å²) in [6, 6.07) is 8.20. The summed E-state index contributed by atoms with van der Waals surface area (Å²) in [5.41, 5.74) is 1.26. The van der Waals surface area contributed by atoms with Crippen LogP contribution in [0.4, 0.5) is 0 Å². The van der Waals surface area contributed by atoms with E-state index in [0.29, 0.717) is 12.8 Å². The predicted octanol–water partition coefficient (Wildman–Crippen LogP) is 1.23. The van der Waals surface area contributed by atoms with Crippen molar-refractivity contribution >= 4 is 23.6 Å². The Kier molecular flexibility index (Phi) is 3.09. The highest BCUT2D eigenvalue weighted by Gasteiger charge is 2.31. The molecule has 1 fully saturated rings. The van der Waals surface area contributed by atoms with E-state index in [1.54, 1.807) is 11.8 Å². The van der Waals surface area contributed by atoms with Crippen LogP contribution in [-0.2, 0) is 9.59 Å². The molecule has 1 aromatic carbocycles. The van der Waals surface area contributed by atoms with Crippen LogP contribution in [0.25, 0.3) is 0 Å². The lowest BCUT2D eigenvalue weighted by molar-refractivity contribution is -0.134. The maximum atomic E-state index is 11.7. The van der Waals surface area contributed by atoms with Gasteiger partial charge in [-0.3, -0.25) is 20.2 Å². The second-order valence-electron chi connectivity index (χ2n) is 4.57. The number of hydrogen-bond donors (Lipinski definition) is 2. The van der Waals surface area contributed by atoms with Gasteiger partial charge in [-0.1, -0.05) is 18.2 Å². The summed E-state index contributed by atoms with van der Waals surface area (Å²) < 4.78 is 0. The van der Waals surface area contributed by atoms with Crippen LogP contribution in [0, 0.1) is 0 Å². The fourth-order valence-electron chi connectivity index (χ4n) is 2.40. The van der Waals surface area contributed by atoms with E-state index in [4.69, 9.17) is 0 Å². The summed E-state index contributed by atoms with van der Waals surface area (Å²) in [6.07, 6.45) is 1.01. The van der Waals surface area contributed by atoms with Crippen LogP contribution in [-0.4, -0.2) is 23.6 Å². The Morgan fingerprint density at radius 3 is 2.89 bits per heavy atom. The van der Waals surface area contributed by atoms with Crippen molar-refractivity contribution in [2.75, 3.05) is 5.75 Å². The van der Waals surface area contributed by atoms with Crippen LogP contribution in [0.2, 0.25) is 0 Å². The van der Waals surface area contributed by atoms with Crippen molar-refractivity contribution < 1.29 is 9.59 Å². The minimum Gasteiger partial charge on any atom is -0.298 e. The molecule has 18 heavy (non-hydrogen) atoms. The van der Waals surface area contributed by atoms with Gasteiger partial charge < -0.3 is 0 Å². The van der Waals surface area contributed by atoms with E-state index in [1.807, 2.05) is 12.1 Å². The zero-order valence-electron chi connectivity index (χ0n) is 9.81. The normalized spacial score (nSPS) is 26.9. The van der Waals surface area contributed by atoms with E-state index in [9.17, 15) is 9.59 Å². The molecule has 1 aromatic rings. The maximum Gasteiger partial charge on any atom is 0.243 e. The van der Waals surface area contributed by atoms with Gasteiger partial charge in [0.05, 0.1) is 6.04 Å². The standard InChI is InChI=1S/C13H14N2O2S/c16-12-6-5-9(13(17)15-12)14-10-7-18-11-4-2-1-3-8(10)11/h1-4,9-10,14H,5-7H2,(H,15,16,17). The number of benzene rings is 1. The van der Waals surface area contributed by atoms with Gasteiger partial charge in [-0.25, -0.2) is 0 Å². The predicted molar refractivity (Wildman–Crippen MR) is 69.2 cm³/mol. The van der Waals surface area contributed by atoms with Crippen molar-refractivity contribution in [3.05, 3.63) is 29.8 Å². The lowest BCUT2D eigenvalue weighted by Crippen LogP contribution is -2.51. The molecule has 2 unspecified atom stereocenters. The Morgan fingerprint density at radius 2 is 2.06 bits per heavy atom. The molecule has 4 nitrogen and oxygen atoms in total. The van der Waals surface area contributed by atoms with Crippen molar-refractivity contribution in [2.45, 2.75) is 29.8 Å². The van der Waals surface area contributed by atoms with Gasteiger partial charge >= 0.3 is 0 Å². The molecule has 0 bridgehead atoms. The van der Waals surface area contributed by atoms with Crippen LogP contribution in [0.5, 0.6) is 0 Å². The summed E-state index contributed by atoms with van der Waals surface area (Å²) in [5, 5.41) is 5.74. The fourth-order valence-corrected chi connectivity index (χ4v) is 3.57.